The van der Waals surface area contributed by atoms with E-state index in [-0.39, 0.29) is 12.2 Å². The third-order valence-electron chi connectivity index (χ3n) is 3.69. The van der Waals surface area contributed by atoms with E-state index < -0.39 is 21.2 Å². The van der Waals surface area contributed by atoms with Gasteiger partial charge in [0, 0.05) is 22.5 Å². The van der Waals surface area contributed by atoms with Crippen molar-refractivity contribution in [2.24, 2.45) is 5.41 Å². The van der Waals surface area contributed by atoms with Gasteiger partial charge < -0.3 is 4.79 Å². The first-order valence-corrected chi connectivity index (χ1v) is 6.66. The Bertz CT molecular complexity index is 529. The summed E-state index contributed by atoms with van der Waals surface area (Å²) in [5.41, 5.74) is -0.375. The van der Waals surface area contributed by atoms with Crippen molar-refractivity contribution in [1.29, 1.82) is 0 Å². The van der Waals surface area contributed by atoms with Crippen molar-refractivity contribution in [3.63, 3.8) is 0 Å². The van der Waals surface area contributed by atoms with Crippen molar-refractivity contribution < 1.29 is 14.6 Å². The predicted octanol–water partition coefficient (Wildman–Crippen LogP) is 2.96. The molecule has 0 aromatic heterocycles. The number of hydrogen-bond donors (Lipinski definition) is 0. The summed E-state index contributed by atoms with van der Waals surface area (Å²) in [6.45, 7) is 3.22. The second kappa shape index (κ2) is 6.92. The van der Waals surface area contributed by atoms with E-state index in [9.17, 15) is 25.0 Å². The van der Waals surface area contributed by atoms with Crippen LogP contribution in [0.2, 0.25) is 0 Å². The first kappa shape index (κ1) is 16.7. The largest absolute Gasteiger partial charge is 0.303 e. The van der Waals surface area contributed by atoms with Crippen LogP contribution in [0.4, 0.5) is 5.69 Å². The number of hydrogen-bond acceptors (Lipinski definition) is 5. The van der Waals surface area contributed by atoms with Crippen molar-refractivity contribution in [3.05, 3.63) is 50.1 Å². The van der Waals surface area contributed by atoms with E-state index in [1.165, 1.54) is 24.3 Å². The molecular weight excluding hydrogens is 276 g/mol. The highest BCUT2D eigenvalue weighted by molar-refractivity contribution is 5.61. The van der Waals surface area contributed by atoms with E-state index in [1.54, 1.807) is 6.92 Å². The molecule has 0 radical (unpaired) electrons. The average Bonchev–Trinajstić information content (AvgIpc) is 2.45. The summed E-state index contributed by atoms with van der Waals surface area (Å²) in [7, 11) is 0. The van der Waals surface area contributed by atoms with Crippen LogP contribution in [-0.2, 0) is 4.79 Å². The number of rotatable bonds is 8. The summed E-state index contributed by atoms with van der Waals surface area (Å²) in [5.74, 6) is -0.606. The molecule has 0 saturated heterocycles. The third kappa shape index (κ3) is 4.08. The Kier molecular flexibility index (Phi) is 5.52. The van der Waals surface area contributed by atoms with E-state index in [0.29, 0.717) is 12.0 Å². The highest BCUT2D eigenvalue weighted by atomic mass is 16.6. The van der Waals surface area contributed by atoms with E-state index in [4.69, 9.17) is 0 Å². The van der Waals surface area contributed by atoms with E-state index in [0.717, 1.165) is 12.7 Å². The zero-order chi connectivity index (χ0) is 16.0. The number of nitrogens with zero attached hydrogens (tertiary/aromatic N) is 2. The molecule has 0 bridgehead atoms. The molecule has 0 heterocycles. The highest BCUT2D eigenvalue weighted by Crippen LogP contribution is 2.38. The molecule has 0 unspecified atom stereocenters. The van der Waals surface area contributed by atoms with Gasteiger partial charge in [0.1, 0.15) is 6.29 Å². The van der Waals surface area contributed by atoms with Gasteiger partial charge in [0.25, 0.3) is 5.69 Å². The van der Waals surface area contributed by atoms with Crippen molar-refractivity contribution >= 4 is 12.0 Å². The van der Waals surface area contributed by atoms with Gasteiger partial charge in [-0.05, 0) is 12.0 Å². The molecule has 0 spiro atoms. The van der Waals surface area contributed by atoms with Crippen molar-refractivity contribution in [3.8, 4) is 0 Å². The van der Waals surface area contributed by atoms with Crippen molar-refractivity contribution in [1.82, 2.24) is 0 Å². The van der Waals surface area contributed by atoms with Crippen LogP contribution in [0.5, 0.6) is 0 Å². The standard InChI is InChI=1S/C14H18N2O5/c1-3-8-14(2,10-17)13(9-15(18)19)11-4-6-12(7-5-11)16(20)21/h4-7,10,13H,3,8-9H2,1-2H3/t13-,14+/m0/s1. The van der Waals surface area contributed by atoms with E-state index >= 15 is 0 Å². The van der Waals surface area contributed by atoms with Crippen LogP contribution in [0.25, 0.3) is 0 Å². The summed E-state index contributed by atoms with van der Waals surface area (Å²) in [4.78, 5) is 32.0. The smallest absolute Gasteiger partial charge is 0.269 e. The second-order valence-corrected chi connectivity index (χ2v) is 5.29. The minimum absolute atomic E-state index is 0.0816. The molecule has 0 N–H and O–H groups in total. The molecule has 0 aliphatic carbocycles. The van der Waals surface area contributed by atoms with Gasteiger partial charge in [-0.1, -0.05) is 32.4 Å². The Hall–Kier alpha value is -2.31. The molecule has 0 saturated carbocycles. The molecule has 114 valence electrons. The van der Waals surface area contributed by atoms with E-state index in [2.05, 4.69) is 0 Å². The van der Waals surface area contributed by atoms with Crippen LogP contribution in [0.3, 0.4) is 0 Å². The molecule has 2 atom stereocenters. The topological polar surface area (TPSA) is 103 Å². The van der Waals surface area contributed by atoms with Crippen LogP contribution in [-0.4, -0.2) is 22.7 Å². The number of carbonyl (C=O) groups is 1. The van der Waals surface area contributed by atoms with Crippen LogP contribution in [0, 0.1) is 25.6 Å². The number of nitro groups is 2. The van der Waals surface area contributed by atoms with Gasteiger partial charge in [-0.3, -0.25) is 20.2 Å². The van der Waals surface area contributed by atoms with Crippen molar-refractivity contribution in [2.75, 3.05) is 6.54 Å². The molecule has 1 aromatic rings. The molecular formula is C14H18N2O5. The molecule has 0 aliphatic rings. The lowest BCUT2D eigenvalue weighted by molar-refractivity contribution is -0.485. The van der Waals surface area contributed by atoms with Crippen molar-refractivity contribution in [2.45, 2.75) is 32.6 Å². The fourth-order valence-electron chi connectivity index (χ4n) is 2.53. The van der Waals surface area contributed by atoms with Crippen LogP contribution in [0.1, 0.15) is 38.2 Å². The SMILES string of the molecule is CCC[C@](C)(C=O)[C@@H](C[N+](=O)[O-])c1ccc([N+](=O)[O-])cc1. The maximum atomic E-state index is 11.5. The number of aldehydes is 1. The number of non-ortho nitro benzene ring substituents is 1. The molecule has 0 fully saturated rings. The second-order valence-electron chi connectivity index (χ2n) is 5.29. The average molecular weight is 294 g/mol. The van der Waals surface area contributed by atoms with Gasteiger partial charge >= 0.3 is 0 Å². The summed E-state index contributed by atoms with van der Waals surface area (Å²) in [6, 6.07) is 5.59. The Labute approximate surface area is 122 Å². The van der Waals surface area contributed by atoms with E-state index in [1.807, 2.05) is 6.92 Å². The minimum Gasteiger partial charge on any atom is -0.303 e. The number of benzene rings is 1. The Balaban J connectivity index is 3.20. The van der Waals surface area contributed by atoms with Crippen LogP contribution < -0.4 is 0 Å². The maximum absolute atomic E-state index is 11.5. The molecule has 1 aromatic carbocycles. The van der Waals surface area contributed by atoms with Gasteiger partial charge in [-0.25, -0.2) is 0 Å². The summed E-state index contributed by atoms with van der Waals surface area (Å²) in [5, 5.41) is 21.6. The molecule has 7 nitrogen and oxygen atoms in total. The normalized spacial score (nSPS) is 15.0. The lowest BCUT2D eigenvalue weighted by Crippen LogP contribution is -2.32. The minimum atomic E-state index is -0.863. The lowest BCUT2D eigenvalue weighted by atomic mass is 9.71. The third-order valence-corrected chi connectivity index (χ3v) is 3.69. The summed E-state index contributed by atoms with van der Waals surface area (Å²) < 4.78 is 0. The lowest BCUT2D eigenvalue weighted by Gasteiger charge is -2.30. The molecule has 7 heteroatoms. The number of nitro benzene ring substituents is 1. The number of carbonyl (C=O) groups excluding carboxylic acids is 1. The Morgan fingerprint density at radius 1 is 1.24 bits per heavy atom. The quantitative estimate of drug-likeness (QED) is 0.416. The first-order chi connectivity index (χ1) is 9.84. The Morgan fingerprint density at radius 3 is 2.19 bits per heavy atom. The van der Waals surface area contributed by atoms with Gasteiger partial charge in [-0.15, -0.1) is 0 Å². The van der Waals surface area contributed by atoms with Crippen LogP contribution in [0.15, 0.2) is 24.3 Å². The fourth-order valence-corrected chi connectivity index (χ4v) is 2.53. The monoisotopic (exact) mass is 294 g/mol. The molecule has 0 amide bonds. The summed E-state index contributed by atoms with van der Waals surface area (Å²) in [6.07, 6.45) is 1.99. The van der Waals surface area contributed by atoms with Crippen LogP contribution >= 0.6 is 0 Å². The van der Waals surface area contributed by atoms with Gasteiger partial charge in [0.05, 0.1) is 10.8 Å². The zero-order valence-electron chi connectivity index (χ0n) is 12.0. The highest BCUT2D eigenvalue weighted by Gasteiger charge is 2.38. The van der Waals surface area contributed by atoms with Gasteiger partial charge in [0.15, 0.2) is 0 Å². The van der Waals surface area contributed by atoms with Gasteiger partial charge in [-0.2, -0.15) is 0 Å². The first-order valence-electron chi connectivity index (χ1n) is 6.66. The van der Waals surface area contributed by atoms with Gasteiger partial charge in [0.2, 0.25) is 6.54 Å². The summed E-state index contributed by atoms with van der Waals surface area (Å²) >= 11 is 0. The fraction of sp³-hybridized carbons (Fsp3) is 0.500. The molecule has 21 heavy (non-hydrogen) atoms. The zero-order valence-corrected chi connectivity index (χ0v) is 12.0. The predicted molar refractivity (Wildman–Crippen MR) is 76.8 cm³/mol. The molecule has 1 rings (SSSR count). The molecule has 0 aliphatic heterocycles. The Morgan fingerprint density at radius 2 is 1.81 bits per heavy atom. The maximum Gasteiger partial charge on any atom is 0.269 e.